The summed E-state index contributed by atoms with van der Waals surface area (Å²) in [6.45, 7) is 2.02. The standard InChI is InChI=1S/C15H11N3OS2/c1-8-17-14-11(21-8)7-10(9-5-6-20-15(9)14)19-13-4-2-3-12(16)18-13/h2-7H,1H3,(H2,16,18). The molecule has 2 N–H and O–H groups in total. The van der Waals surface area contributed by atoms with E-state index >= 15 is 0 Å². The first-order valence-electron chi connectivity index (χ1n) is 6.38. The second-order valence-electron chi connectivity index (χ2n) is 4.62. The summed E-state index contributed by atoms with van der Waals surface area (Å²) in [6, 6.07) is 9.45. The van der Waals surface area contributed by atoms with E-state index in [-0.39, 0.29) is 0 Å². The number of thiophene rings is 1. The number of benzene rings is 1. The van der Waals surface area contributed by atoms with Crippen molar-refractivity contribution < 1.29 is 4.74 Å². The molecule has 0 bridgehead atoms. The molecule has 0 unspecified atom stereocenters. The number of nitrogens with zero attached hydrogens (tertiary/aromatic N) is 2. The van der Waals surface area contributed by atoms with Crippen molar-refractivity contribution in [2.75, 3.05) is 5.73 Å². The van der Waals surface area contributed by atoms with Crippen molar-refractivity contribution in [3.8, 4) is 11.6 Å². The molecular formula is C15H11N3OS2. The number of aromatic nitrogens is 2. The van der Waals surface area contributed by atoms with Gasteiger partial charge < -0.3 is 10.5 Å². The van der Waals surface area contributed by atoms with Crippen LogP contribution < -0.4 is 10.5 Å². The highest BCUT2D eigenvalue weighted by Gasteiger charge is 2.13. The zero-order valence-electron chi connectivity index (χ0n) is 11.2. The maximum Gasteiger partial charge on any atom is 0.221 e. The zero-order valence-corrected chi connectivity index (χ0v) is 12.8. The third-order valence-corrected chi connectivity index (χ3v) is 4.97. The number of fused-ring (bicyclic) bond motifs is 3. The molecule has 0 radical (unpaired) electrons. The Labute approximate surface area is 128 Å². The van der Waals surface area contributed by atoms with Crippen molar-refractivity contribution in [1.29, 1.82) is 0 Å². The van der Waals surface area contributed by atoms with Gasteiger partial charge in [-0.05, 0) is 24.4 Å². The quantitative estimate of drug-likeness (QED) is 0.588. The first-order chi connectivity index (χ1) is 10.2. The number of hydrogen-bond donors (Lipinski definition) is 1. The number of nitrogen functional groups attached to an aromatic ring is 1. The van der Waals surface area contributed by atoms with Crippen molar-refractivity contribution in [1.82, 2.24) is 9.97 Å². The average molecular weight is 313 g/mol. The van der Waals surface area contributed by atoms with Crippen molar-refractivity contribution in [2.24, 2.45) is 0 Å². The lowest BCUT2D eigenvalue weighted by molar-refractivity contribution is 0.470. The second-order valence-corrected chi connectivity index (χ2v) is 6.77. The highest BCUT2D eigenvalue weighted by molar-refractivity contribution is 7.21. The summed E-state index contributed by atoms with van der Waals surface area (Å²) < 4.78 is 8.22. The Morgan fingerprint density at radius 2 is 2.10 bits per heavy atom. The van der Waals surface area contributed by atoms with Crippen LogP contribution in [0.1, 0.15) is 5.01 Å². The van der Waals surface area contributed by atoms with Crippen LogP contribution in [0.25, 0.3) is 20.3 Å². The Kier molecular flexibility index (Phi) is 2.80. The van der Waals surface area contributed by atoms with E-state index in [4.69, 9.17) is 10.5 Å². The van der Waals surface area contributed by atoms with Gasteiger partial charge in [-0.3, -0.25) is 0 Å². The fraction of sp³-hybridized carbons (Fsp3) is 0.0667. The van der Waals surface area contributed by atoms with Gasteiger partial charge in [-0.1, -0.05) is 6.07 Å². The fourth-order valence-electron chi connectivity index (χ4n) is 2.27. The van der Waals surface area contributed by atoms with Crippen molar-refractivity contribution in [2.45, 2.75) is 6.92 Å². The first kappa shape index (κ1) is 12.6. The Bertz CT molecular complexity index is 958. The SMILES string of the molecule is Cc1nc2c(cc(Oc3cccc(N)n3)c3ccsc32)s1. The molecule has 4 nitrogen and oxygen atoms in total. The highest BCUT2D eigenvalue weighted by Crippen LogP contribution is 2.40. The van der Waals surface area contributed by atoms with Crippen LogP contribution in [0.5, 0.6) is 11.6 Å². The number of aryl methyl sites for hydroxylation is 1. The van der Waals surface area contributed by atoms with E-state index in [1.54, 1.807) is 34.8 Å². The number of ether oxygens (including phenoxy) is 1. The summed E-state index contributed by atoms with van der Waals surface area (Å²) in [5.74, 6) is 1.74. The molecule has 3 heterocycles. The molecular weight excluding hydrogens is 302 g/mol. The third kappa shape index (κ3) is 2.12. The molecule has 3 aromatic heterocycles. The van der Waals surface area contributed by atoms with Crippen LogP contribution in [-0.4, -0.2) is 9.97 Å². The maximum absolute atomic E-state index is 5.94. The Balaban J connectivity index is 1.92. The predicted octanol–water partition coefficient (Wildman–Crippen LogP) is 4.59. The van der Waals surface area contributed by atoms with E-state index in [0.717, 1.165) is 31.1 Å². The van der Waals surface area contributed by atoms with Crippen LogP contribution in [0, 0.1) is 6.92 Å². The Morgan fingerprint density at radius 1 is 1.19 bits per heavy atom. The van der Waals surface area contributed by atoms with Crippen LogP contribution in [0.4, 0.5) is 5.82 Å². The molecule has 0 saturated carbocycles. The number of pyridine rings is 1. The number of rotatable bonds is 2. The Hall–Kier alpha value is -2.18. The number of hydrogen-bond acceptors (Lipinski definition) is 6. The average Bonchev–Trinajstić information content (AvgIpc) is 3.04. The molecule has 0 aliphatic heterocycles. The minimum Gasteiger partial charge on any atom is -0.438 e. The molecule has 0 aliphatic carbocycles. The number of anilines is 1. The largest absolute Gasteiger partial charge is 0.438 e. The molecule has 0 spiro atoms. The molecule has 104 valence electrons. The van der Waals surface area contributed by atoms with Gasteiger partial charge in [0.2, 0.25) is 5.88 Å². The lowest BCUT2D eigenvalue weighted by Crippen LogP contribution is -1.93. The molecule has 0 aliphatic rings. The molecule has 6 heteroatoms. The predicted molar refractivity (Wildman–Crippen MR) is 88.5 cm³/mol. The van der Waals surface area contributed by atoms with Crippen LogP contribution in [0.2, 0.25) is 0 Å². The number of thiazole rings is 1. The van der Waals surface area contributed by atoms with Gasteiger partial charge in [0, 0.05) is 17.5 Å². The highest BCUT2D eigenvalue weighted by atomic mass is 32.1. The van der Waals surface area contributed by atoms with E-state index in [0.29, 0.717) is 11.7 Å². The summed E-state index contributed by atoms with van der Waals surface area (Å²) in [4.78, 5) is 8.81. The molecule has 0 fully saturated rings. The topological polar surface area (TPSA) is 61.0 Å². The first-order valence-corrected chi connectivity index (χ1v) is 8.08. The van der Waals surface area contributed by atoms with Crippen LogP contribution >= 0.6 is 22.7 Å². The minimum atomic E-state index is 0.448. The molecule has 1 aromatic carbocycles. The smallest absolute Gasteiger partial charge is 0.221 e. The van der Waals surface area contributed by atoms with E-state index in [1.165, 1.54) is 0 Å². The maximum atomic E-state index is 5.94. The second kappa shape index (κ2) is 4.68. The number of nitrogens with two attached hydrogens (primary N) is 1. The fourth-order valence-corrected chi connectivity index (χ4v) is 4.10. The van der Waals surface area contributed by atoms with Gasteiger partial charge in [-0.15, -0.1) is 22.7 Å². The third-order valence-electron chi connectivity index (χ3n) is 3.13. The van der Waals surface area contributed by atoms with Crippen molar-refractivity contribution >= 4 is 48.8 Å². The van der Waals surface area contributed by atoms with Gasteiger partial charge in [0.15, 0.2) is 0 Å². The van der Waals surface area contributed by atoms with Gasteiger partial charge in [-0.25, -0.2) is 4.98 Å². The minimum absolute atomic E-state index is 0.448. The summed E-state index contributed by atoms with van der Waals surface area (Å²) in [7, 11) is 0. The van der Waals surface area contributed by atoms with Gasteiger partial charge in [0.25, 0.3) is 0 Å². The monoisotopic (exact) mass is 313 g/mol. The molecule has 21 heavy (non-hydrogen) atoms. The van der Waals surface area contributed by atoms with Crippen molar-refractivity contribution in [3.05, 3.63) is 40.7 Å². The van der Waals surface area contributed by atoms with E-state index in [1.807, 2.05) is 19.1 Å². The summed E-state index contributed by atoms with van der Waals surface area (Å²) in [5.41, 5.74) is 6.75. The summed E-state index contributed by atoms with van der Waals surface area (Å²) >= 11 is 3.35. The lowest BCUT2D eigenvalue weighted by atomic mass is 10.2. The lowest BCUT2D eigenvalue weighted by Gasteiger charge is -2.07. The van der Waals surface area contributed by atoms with Crippen LogP contribution in [-0.2, 0) is 0 Å². The molecule has 0 atom stereocenters. The molecule has 0 saturated heterocycles. The molecule has 4 aromatic rings. The summed E-state index contributed by atoms with van der Waals surface area (Å²) in [5, 5.41) is 4.17. The van der Waals surface area contributed by atoms with Crippen LogP contribution in [0.3, 0.4) is 0 Å². The van der Waals surface area contributed by atoms with Gasteiger partial charge in [0.1, 0.15) is 11.6 Å². The van der Waals surface area contributed by atoms with Gasteiger partial charge in [-0.2, -0.15) is 4.98 Å². The van der Waals surface area contributed by atoms with Crippen LogP contribution in [0.15, 0.2) is 35.7 Å². The van der Waals surface area contributed by atoms with E-state index in [2.05, 4.69) is 21.4 Å². The summed E-state index contributed by atoms with van der Waals surface area (Å²) in [6.07, 6.45) is 0. The Morgan fingerprint density at radius 3 is 2.95 bits per heavy atom. The van der Waals surface area contributed by atoms with E-state index < -0.39 is 0 Å². The zero-order chi connectivity index (χ0) is 14.4. The molecule has 0 amide bonds. The molecule has 4 rings (SSSR count). The van der Waals surface area contributed by atoms with Gasteiger partial charge in [0.05, 0.1) is 19.9 Å². The normalized spacial score (nSPS) is 11.3. The van der Waals surface area contributed by atoms with Crippen molar-refractivity contribution in [3.63, 3.8) is 0 Å². The van der Waals surface area contributed by atoms with Gasteiger partial charge >= 0.3 is 0 Å². The van der Waals surface area contributed by atoms with E-state index in [9.17, 15) is 0 Å².